The van der Waals surface area contributed by atoms with Crippen LogP contribution in [0.2, 0.25) is 5.02 Å². The number of rotatable bonds is 8. The third-order valence-corrected chi connectivity index (χ3v) is 6.23. The van der Waals surface area contributed by atoms with Crippen molar-refractivity contribution in [3.05, 3.63) is 53.4 Å². The highest BCUT2D eigenvalue weighted by Crippen LogP contribution is 2.28. The largest absolute Gasteiger partial charge is 0.467 e. The van der Waals surface area contributed by atoms with Crippen molar-refractivity contribution in [2.75, 3.05) is 13.2 Å². The Morgan fingerprint density at radius 3 is 2.87 bits per heavy atom. The van der Waals surface area contributed by atoms with Gasteiger partial charge in [-0.15, -0.1) is 10.2 Å². The molecule has 0 aliphatic carbocycles. The summed E-state index contributed by atoms with van der Waals surface area (Å²) in [5.41, 5.74) is 0.890. The number of ether oxygens (including phenoxy) is 1. The zero-order valence-electron chi connectivity index (χ0n) is 16.6. The van der Waals surface area contributed by atoms with Crippen LogP contribution in [-0.2, 0) is 16.1 Å². The van der Waals surface area contributed by atoms with Crippen LogP contribution in [0.1, 0.15) is 25.5 Å². The number of carbonyl (C=O) groups excluding carboxylic acids is 1. The van der Waals surface area contributed by atoms with Crippen molar-refractivity contribution in [2.45, 2.75) is 42.8 Å². The molecule has 0 radical (unpaired) electrons. The highest BCUT2D eigenvalue weighted by Gasteiger charge is 2.23. The number of furan rings is 1. The Kier molecular flexibility index (Phi) is 6.76. The lowest BCUT2D eigenvalue weighted by Gasteiger charge is -2.15. The molecule has 0 bridgehead atoms. The normalized spacial score (nSPS) is 17.2. The van der Waals surface area contributed by atoms with E-state index < -0.39 is 0 Å². The molecule has 3 heterocycles. The van der Waals surface area contributed by atoms with Gasteiger partial charge in [-0.05, 0) is 56.2 Å². The number of nitrogens with one attached hydrogen (secondary N) is 1. The summed E-state index contributed by atoms with van der Waals surface area (Å²) in [4.78, 5) is 12.6. The summed E-state index contributed by atoms with van der Waals surface area (Å²) in [6.45, 7) is 3.64. The Hall–Kier alpha value is -2.29. The Morgan fingerprint density at radius 1 is 1.33 bits per heavy atom. The molecule has 0 saturated carbocycles. The van der Waals surface area contributed by atoms with Gasteiger partial charge < -0.3 is 14.5 Å². The minimum Gasteiger partial charge on any atom is -0.467 e. The molecular weight excluding hydrogens is 424 g/mol. The molecule has 9 heteroatoms. The number of hydrogen-bond donors (Lipinski definition) is 1. The van der Waals surface area contributed by atoms with E-state index in [-0.39, 0.29) is 17.3 Å². The molecule has 2 atom stereocenters. The maximum atomic E-state index is 12.6. The van der Waals surface area contributed by atoms with Crippen LogP contribution in [-0.4, -0.2) is 45.2 Å². The van der Waals surface area contributed by atoms with E-state index in [9.17, 15) is 4.79 Å². The van der Waals surface area contributed by atoms with Gasteiger partial charge in [0.15, 0.2) is 11.0 Å². The van der Waals surface area contributed by atoms with Gasteiger partial charge in [0.25, 0.3) is 0 Å². The molecule has 2 aromatic heterocycles. The van der Waals surface area contributed by atoms with E-state index in [0.717, 1.165) is 30.8 Å². The Bertz CT molecular complexity index is 969. The van der Waals surface area contributed by atoms with Crippen molar-refractivity contribution in [3.8, 4) is 11.4 Å². The summed E-state index contributed by atoms with van der Waals surface area (Å²) in [6, 6.07) is 11.2. The fourth-order valence-corrected chi connectivity index (χ4v) is 4.26. The van der Waals surface area contributed by atoms with Crippen LogP contribution in [0.3, 0.4) is 0 Å². The number of aromatic nitrogens is 3. The molecule has 1 saturated heterocycles. The Balaban J connectivity index is 1.51. The quantitative estimate of drug-likeness (QED) is 0.526. The molecule has 0 unspecified atom stereocenters. The minimum absolute atomic E-state index is 0.0453. The van der Waals surface area contributed by atoms with Gasteiger partial charge in [-0.2, -0.15) is 0 Å². The summed E-state index contributed by atoms with van der Waals surface area (Å²) >= 11 is 7.39. The van der Waals surface area contributed by atoms with Crippen LogP contribution in [0.15, 0.2) is 52.2 Å². The first kappa shape index (κ1) is 21.0. The molecule has 158 valence electrons. The lowest BCUT2D eigenvalue weighted by atomic mass is 10.2. The first-order valence-corrected chi connectivity index (χ1v) is 11.1. The van der Waals surface area contributed by atoms with Crippen LogP contribution < -0.4 is 5.32 Å². The second kappa shape index (κ2) is 9.68. The molecule has 1 aliphatic rings. The van der Waals surface area contributed by atoms with Gasteiger partial charge in [0.1, 0.15) is 5.76 Å². The van der Waals surface area contributed by atoms with Crippen LogP contribution in [0.5, 0.6) is 0 Å². The van der Waals surface area contributed by atoms with Gasteiger partial charge in [0.05, 0.1) is 24.2 Å². The van der Waals surface area contributed by atoms with Crippen molar-refractivity contribution >= 4 is 29.3 Å². The third kappa shape index (κ3) is 5.06. The standard InChI is InChI=1S/C21H23ClN4O3S/c1-14(20(27)23-12-17-4-2-10-28-17)30-21-25-24-19(15-6-8-16(22)9-7-15)26(21)13-18-5-3-11-29-18/h3,5-9,11,14,17H,2,4,10,12-13H2,1H3,(H,23,27)/t14-,17+/m0/s1. The van der Waals surface area contributed by atoms with E-state index >= 15 is 0 Å². The van der Waals surface area contributed by atoms with Gasteiger partial charge in [-0.1, -0.05) is 23.4 Å². The van der Waals surface area contributed by atoms with E-state index in [2.05, 4.69) is 15.5 Å². The summed E-state index contributed by atoms with van der Waals surface area (Å²) < 4.78 is 13.0. The molecule has 1 amide bonds. The fourth-order valence-electron chi connectivity index (χ4n) is 3.26. The molecule has 7 nitrogen and oxygen atoms in total. The van der Waals surface area contributed by atoms with Crippen molar-refractivity contribution < 1.29 is 13.9 Å². The van der Waals surface area contributed by atoms with Crippen LogP contribution in [0.25, 0.3) is 11.4 Å². The predicted octanol–water partition coefficient (Wildman–Crippen LogP) is 4.02. The molecule has 1 aromatic carbocycles. The zero-order valence-corrected chi connectivity index (χ0v) is 18.2. The first-order chi connectivity index (χ1) is 14.6. The van der Waals surface area contributed by atoms with Crippen LogP contribution >= 0.6 is 23.4 Å². The number of benzene rings is 1. The third-order valence-electron chi connectivity index (χ3n) is 4.89. The minimum atomic E-state index is -0.330. The van der Waals surface area contributed by atoms with Gasteiger partial charge >= 0.3 is 0 Å². The Morgan fingerprint density at radius 2 is 2.17 bits per heavy atom. The van der Waals surface area contributed by atoms with E-state index in [0.29, 0.717) is 29.1 Å². The molecule has 0 spiro atoms. The molecule has 3 aromatic rings. The van der Waals surface area contributed by atoms with Gasteiger partial charge in [-0.3, -0.25) is 9.36 Å². The first-order valence-electron chi connectivity index (χ1n) is 9.87. The number of thioether (sulfide) groups is 1. The smallest absolute Gasteiger partial charge is 0.233 e. The zero-order chi connectivity index (χ0) is 20.9. The maximum absolute atomic E-state index is 12.6. The van der Waals surface area contributed by atoms with E-state index in [4.69, 9.17) is 20.8 Å². The fraction of sp³-hybridized carbons (Fsp3) is 0.381. The average molecular weight is 447 g/mol. The predicted molar refractivity (Wildman–Crippen MR) is 116 cm³/mol. The topological polar surface area (TPSA) is 82.2 Å². The average Bonchev–Trinajstić information content (AvgIpc) is 3.51. The number of carbonyl (C=O) groups is 1. The van der Waals surface area contributed by atoms with Gasteiger partial charge in [-0.25, -0.2) is 0 Å². The number of nitrogens with zero attached hydrogens (tertiary/aromatic N) is 3. The van der Waals surface area contributed by atoms with E-state index in [1.165, 1.54) is 11.8 Å². The number of halogens is 1. The highest BCUT2D eigenvalue weighted by atomic mass is 35.5. The molecular formula is C21H23ClN4O3S. The van der Waals surface area contributed by atoms with Crippen molar-refractivity contribution in [2.24, 2.45) is 0 Å². The maximum Gasteiger partial charge on any atom is 0.233 e. The SMILES string of the molecule is C[C@H](Sc1nnc(-c2ccc(Cl)cc2)n1Cc1ccco1)C(=O)NC[C@H]1CCCO1. The molecule has 4 rings (SSSR count). The van der Waals surface area contributed by atoms with Crippen molar-refractivity contribution in [3.63, 3.8) is 0 Å². The summed E-state index contributed by atoms with van der Waals surface area (Å²) in [5, 5.41) is 12.7. The highest BCUT2D eigenvalue weighted by molar-refractivity contribution is 8.00. The van der Waals surface area contributed by atoms with Crippen molar-refractivity contribution in [1.29, 1.82) is 0 Å². The second-order valence-electron chi connectivity index (χ2n) is 7.12. The summed E-state index contributed by atoms with van der Waals surface area (Å²) in [5.74, 6) is 1.43. The lowest BCUT2D eigenvalue weighted by Crippen LogP contribution is -2.36. The number of amides is 1. The number of hydrogen-bond acceptors (Lipinski definition) is 6. The summed E-state index contributed by atoms with van der Waals surface area (Å²) in [6.07, 6.45) is 3.79. The van der Waals surface area contributed by atoms with Gasteiger partial charge in [0, 0.05) is 23.7 Å². The van der Waals surface area contributed by atoms with E-state index in [1.807, 2.05) is 47.9 Å². The van der Waals surface area contributed by atoms with Crippen LogP contribution in [0, 0.1) is 0 Å². The van der Waals surface area contributed by atoms with Gasteiger partial charge in [0.2, 0.25) is 5.91 Å². The molecule has 30 heavy (non-hydrogen) atoms. The second-order valence-corrected chi connectivity index (χ2v) is 8.86. The van der Waals surface area contributed by atoms with Crippen molar-refractivity contribution in [1.82, 2.24) is 20.1 Å². The van der Waals surface area contributed by atoms with E-state index in [1.54, 1.807) is 6.26 Å². The lowest BCUT2D eigenvalue weighted by molar-refractivity contribution is -0.120. The monoisotopic (exact) mass is 446 g/mol. The summed E-state index contributed by atoms with van der Waals surface area (Å²) in [7, 11) is 0. The molecule has 1 N–H and O–H groups in total. The Labute approximate surface area is 184 Å². The molecule has 1 fully saturated rings. The molecule has 1 aliphatic heterocycles. The van der Waals surface area contributed by atoms with Crippen LogP contribution in [0.4, 0.5) is 0 Å².